The first-order valence-corrected chi connectivity index (χ1v) is 9.07. The summed E-state index contributed by atoms with van der Waals surface area (Å²) in [6, 6.07) is 12.2. The normalized spacial score (nSPS) is 18.7. The fourth-order valence-electron chi connectivity index (χ4n) is 3.14. The molecule has 1 atom stereocenters. The summed E-state index contributed by atoms with van der Waals surface area (Å²) in [5, 5.41) is 5.29. The first kappa shape index (κ1) is 20.5. The van der Waals surface area contributed by atoms with Crippen LogP contribution in [0.25, 0.3) is 0 Å². The van der Waals surface area contributed by atoms with Gasteiger partial charge in [-0.2, -0.15) is 0 Å². The van der Waals surface area contributed by atoms with Gasteiger partial charge in [-0.1, -0.05) is 36.4 Å². The van der Waals surface area contributed by atoms with Crippen LogP contribution >= 0.6 is 0 Å². The van der Waals surface area contributed by atoms with E-state index < -0.39 is 35.7 Å². The Morgan fingerprint density at radius 2 is 1.72 bits per heavy atom. The maximum Gasteiger partial charge on any atom is 0.325 e. The summed E-state index contributed by atoms with van der Waals surface area (Å²) in [5.74, 6) is -1.47. The zero-order valence-electron chi connectivity index (χ0n) is 16.2. The molecule has 3 rings (SSSR count). The predicted molar refractivity (Wildman–Crippen MR) is 103 cm³/mol. The molecule has 2 aromatic carbocycles. The fraction of sp³-hybridized carbons (Fsp3) is 0.286. The Bertz CT molecular complexity index is 915. The molecule has 7 nitrogen and oxygen atoms in total. The zero-order valence-corrected chi connectivity index (χ0v) is 16.2. The third-order valence-corrected chi connectivity index (χ3v) is 4.82. The number of amides is 4. The number of carbonyl (C=O) groups is 3. The minimum absolute atomic E-state index is 0.269. The number of ether oxygens (including phenoxy) is 1. The Kier molecular flexibility index (Phi) is 5.93. The molecule has 1 fully saturated rings. The number of nitrogens with one attached hydrogen (secondary N) is 2. The van der Waals surface area contributed by atoms with E-state index in [0.29, 0.717) is 12.2 Å². The van der Waals surface area contributed by atoms with Gasteiger partial charge in [-0.25, -0.2) is 9.18 Å². The van der Waals surface area contributed by atoms with E-state index in [1.54, 1.807) is 7.11 Å². The van der Waals surface area contributed by atoms with Gasteiger partial charge < -0.3 is 15.4 Å². The van der Waals surface area contributed by atoms with Crippen LogP contribution in [0.4, 0.5) is 9.18 Å². The summed E-state index contributed by atoms with van der Waals surface area (Å²) in [4.78, 5) is 38.2. The van der Waals surface area contributed by atoms with Crippen molar-refractivity contribution in [3.05, 3.63) is 71.0 Å². The van der Waals surface area contributed by atoms with Crippen molar-refractivity contribution in [2.45, 2.75) is 25.6 Å². The molecule has 152 valence electrons. The summed E-state index contributed by atoms with van der Waals surface area (Å²) in [6.07, 6.45) is 0. The molecule has 0 aromatic heterocycles. The molecule has 1 saturated heterocycles. The van der Waals surface area contributed by atoms with E-state index in [1.165, 1.54) is 31.2 Å². The average Bonchev–Trinajstić information content (AvgIpc) is 2.92. The molecule has 1 unspecified atom stereocenters. The van der Waals surface area contributed by atoms with Gasteiger partial charge in [-0.3, -0.25) is 14.5 Å². The second kappa shape index (κ2) is 8.40. The van der Waals surface area contributed by atoms with Gasteiger partial charge in [0.1, 0.15) is 17.9 Å². The highest BCUT2D eigenvalue weighted by atomic mass is 19.1. The van der Waals surface area contributed by atoms with Gasteiger partial charge in [0.25, 0.3) is 5.91 Å². The third-order valence-electron chi connectivity index (χ3n) is 4.82. The largest absolute Gasteiger partial charge is 0.380 e. The molecule has 8 heteroatoms. The summed E-state index contributed by atoms with van der Waals surface area (Å²) >= 11 is 0. The van der Waals surface area contributed by atoms with Crippen molar-refractivity contribution >= 4 is 17.8 Å². The zero-order chi connectivity index (χ0) is 21.0. The van der Waals surface area contributed by atoms with E-state index in [9.17, 15) is 18.8 Å². The van der Waals surface area contributed by atoms with E-state index in [1.807, 2.05) is 24.3 Å². The summed E-state index contributed by atoms with van der Waals surface area (Å²) in [5.41, 5.74) is 0.993. The Labute approximate surface area is 167 Å². The molecule has 4 amide bonds. The van der Waals surface area contributed by atoms with E-state index >= 15 is 0 Å². The Hall–Kier alpha value is -3.26. The molecule has 0 aliphatic carbocycles. The number of methoxy groups -OCH3 is 1. The van der Waals surface area contributed by atoms with Crippen molar-refractivity contribution in [2.24, 2.45) is 0 Å². The van der Waals surface area contributed by atoms with Crippen LogP contribution in [0.3, 0.4) is 0 Å². The lowest BCUT2D eigenvalue weighted by atomic mass is 9.92. The monoisotopic (exact) mass is 399 g/mol. The standard InChI is InChI=1S/C21H22FN3O4/c1-21(16-7-9-17(22)10-8-16)19(27)25(20(28)24-21)12-18(26)23-11-14-3-5-15(6-4-14)13-29-2/h3-10H,11-13H2,1-2H3,(H,23,26)(H,24,28). The van der Waals surface area contributed by atoms with Gasteiger partial charge in [-0.15, -0.1) is 0 Å². The van der Waals surface area contributed by atoms with Crippen LogP contribution in [-0.4, -0.2) is 36.4 Å². The lowest BCUT2D eigenvalue weighted by molar-refractivity contribution is -0.134. The highest BCUT2D eigenvalue weighted by Crippen LogP contribution is 2.28. The van der Waals surface area contributed by atoms with Crippen LogP contribution in [0.5, 0.6) is 0 Å². The Morgan fingerprint density at radius 3 is 2.34 bits per heavy atom. The number of rotatable bonds is 7. The second-order valence-electron chi connectivity index (χ2n) is 6.98. The number of nitrogens with zero attached hydrogens (tertiary/aromatic N) is 1. The molecule has 2 aromatic rings. The number of hydrogen-bond donors (Lipinski definition) is 2. The first-order chi connectivity index (χ1) is 13.8. The summed E-state index contributed by atoms with van der Waals surface area (Å²) < 4.78 is 18.2. The van der Waals surface area contributed by atoms with Crippen molar-refractivity contribution in [2.75, 3.05) is 13.7 Å². The van der Waals surface area contributed by atoms with Crippen LogP contribution in [0, 0.1) is 5.82 Å². The van der Waals surface area contributed by atoms with Gasteiger partial charge >= 0.3 is 6.03 Å². The number of urea groups is 1. The molecular weight excluding hydrogens is 377 g/mol. The van der Waals surface area contributed by atoms with Crippen molar-refractivity contribution in [3.63, 3.8) is 0 Å². The smallest absolute Gasteiger partial charge is 0.325 e. The SMILES string of the molecule is COCc1ccc(CNC(=O)CN2C(=O)NC(C)(c3ccc(F)cc3)C2=O)cc1. The van der Waals surface area contributed by atoms with E-state index in [4.69, 9.17) is 4.74 Å². The number of imide groups is 1. The molecular formula is C21H22FN3O4. The van der Waals surface area contributed by atoms with Gasteiger partial charge in [0.2, 0.25) is 5.91 Å². The average molecular weight is 399 g/mol. The summed E-state index contributed by atoms with van der Waals surface area (Å²) in [6.45, 7) is 1.90. The maximum absolute atomic E-state index is 13.2. The van der Waals surface area contributed by atoms with E-state index in [0.717, 1.165) is 16.0 Å². The third kappa shape index (κ3) is 4.43. The summed E-state index contributed by atoms with van der Waals surface area (Å²) in [7, 11) is 1.62. The maximum atomic E-state index is 13.2. The lowest BCUT2D eigenvalue weighted by Crippen LogP contribution is -2.43. The lowest BCUT2D eigenvalue weighted by Gasteiger charge is -2.22. The minimum Gasteiger partial charge on any atom is -0.380 e. The van der Waals surface area contributed by atoms with Gasteiger partial charge in [0.05, 0.1) is 6.61 Å². The van der Waals surface area contributed by atoms with Crippen molar-refractivity contribution in [1.82, 2.24) is 15.5 Å². The van der Waals surface area contributed by atoms with Crippen molar-refractivity contribution in [3.8, 4) is 0 Å². The highest BCUT2D eigenvalue weighted by Gasteiger charge is 2.49. The highest BCUT2D eigenvalue weighted by molar-refractivity contribution is 6.09. The fourth-order valence-corrected chi connectivity index (χ4v) is 3.14. The van der Waals surface area contributed by atoms with E-state index in [2.05, 4.69) is 10.6 Å². The molecule has 2 N–H and O–H groups in total. The topological polar surface area (TPSA) is 87.7 Å². The number of benzene rings is 2. The van der Waals surface area contributed by atoms with Crippen LogP contribution in [0.2, 0.25) is 0 Å². The van der Waals surface area contributed by atoms with Crippen LogP contribution in [0.15, 0.2) is 48.5 Å². The molecule has 0 bridgehead atoms. The minimum atomic E-state index is -1.34. The van der Waals surface area contributed by atoms with Gasteiger partial charge in [0, 0.05) is 13.7 Å². The Morgan fingerprint density at radius 1 is 1.10 bits per heavy atom. The first-order valence-electron chi connectivity index (χ1n) is 9.07. The predicted octanol–water partition coefficient (Wildman–Crippen LogP) is 2.06. The van der Waals surface area contributed by atoms with E-state index in [-0.39, 0.29) is 6.54 Å². The molecule has 0 spiro atoms. The molecule has 0 radical (unpaired) electrons. The van der Waals surface area contributed by atoms with Gasteiger partial charge in [-0.05, 0) is 35.7 Å². The quantitative estimate of drug-likeness (QED) is 0.698. The molecule has 1 heterocycles. The molecule has 0 saturated carbocycles. The van der Waals surface area contributed by atoms with Crippen molar-refractivity contribution in [1.29, 1.82) is 0 Å². The Balaban J connectivity index is 1.60. The van der Waals surface area contributed by atoms with Gasteiger partial charge in [0.15, 0.2) is 0 Å². The number of hydrogen-bond acceptors (Lipinski definition) is 4. The second-order valence-corrected chi connectivity index (χ2v) is 6.98. The number of halogens is 1. The molecule has 1 aliphatic heterocycles. The van der Waals surface area contributed by atoms with Crippen LogP contribution in [-0.2, 0) is 33.0 Å². The van der Waals surface area contributed by atoms with Crippen molar-refractivity contribution < 1.29 is 23.5 Å². The molecule has 1 aliphatic rings. The van der Waals surface area contributed by atoms with Crippen LogP contribution < -0.4 is 10.6 Å². The van der Waals surface area contributed by atoms with Crippen LogP contribution in [0.1, 0.15) is 23.6 Å². The number of carbonyl (C=O) groups excluding carboxylic acids is 3. The molecule has 29 heavy (non-hydrogen) atoms.